The van der Waals surface area contributed by atoms with Crippen molar-refractivity contribution < 1.29 is 9.90 Å². The van der Waals surface area contributed by atoms with E-state index in [1.165, 1.54) is 0 Å². The number of hydrogen-bond donors (Lipinski definition) is 2. The van der Waals surface area contributed by atoms with Gasteiger partial charge in [-0.15, -0.1) is 0 Å². The zero-order valence-electron chi connectivity index (χ0n) is 8.40. The lowest BCUT2D eigenvalue weighted by Gasteiger charge is -2.07. The Bertz CT molecular complexity index is 426. The normalized spacial score (nSPS) is 19.5. The number of carboxylic acid groups (broad SMARTS) is 1. The van der Waals surface area contributed by atoms with Crippen LogP contribution in [0.15, 0.2) is 29.3 Å². The highest BCUT2D eigenvalue weighted by Gasteiger charge is 2.24. The molecule has 15 heavy (non-hydrogen) atoms. The van der Waals surface area contributed by atoms with Gasteiger partial charge in [0, 0.05) is 5.56 Å². The molecule has 1 aliphatic rings. The SMILES string of the molecule is Cc1cccc(C2=NCC(C(=O)O)N2)c1. The Hall–Kier alpha value is -1.84. The molecule has 4 heteroatoms. The Morgan fingerprint density at radius 1 is 1.60 bits per heavy atom. The maximum absolute atomic E-state index is 10.7. The fourth-order valence-electron chi connectivity index (χ4n) is 1.55. The smallest absolute Gasteiger partial charge is 0.328 e. The quantitative estimate of drug-likeness (QED) is 0.749. The highest BCUT2D eigenvalue weighted by molar-refractivity contribution is 6.02. The largest absolute Gasteiger partial charge is 0.480 e. The van der Waals surface area contributed by atoms with Gasteiger partial charge in [0.15, 0.2) is 0 Å². The van der Waals surface area contributed by atoms with Crippen LogP contribution in [0.3, 0.4) is 0 Å². The Kier molecular flexibility index (Phi) is 2.41. The second kappa shape index (κ2) is 3.73. The van der Waals surface area contributed by atoms with E-state index in [9.17, 15) is 4.79 Å². The van der Waals surface area contributed by atoms with Crippen LogP contribution < -0.4 is 5.32 Å². The van der Waals surface area contributed by atoms with Crippen LogP contribution in [0.1, 0.15) is 11.1 Å². The molecule has 1 aliphatic heterocycles. The fourth-order valence-corrected chi connectivity index (χ4v) is 1.55. The van der Waals surface area contributed by atoms with E-state index in [1.807, 2.05) is 31.2 Å². The van der Waals surface area contributed by atoms with Crippen molar-refractivity contribution in [1.29, 1.82) is 0 Å². The molecule has 0 amide bonds. The number of nitrogens with one attached hydrogen (secondary N) is 1. The van der Waals surface area contributed by atoms with Gasteiger partial charge in [-0.1, -0.05) is 23.8 Å². The van der Waals surface area contributed by atoms with Crippen LogP contribution in [-0.4, -0.2) is 29.5 Å². The predicted molar refractivity (Wildman–Crippen MR) is 57.1 cm³/mol. The van der Waals surface area contributed by atoms with E-state index in [0.717, 1.165) is 11.1 Å². The van der Waals surface area contributed by atoms with Gasteiger partial charge >= 0.3 is 5.97 Å². The van der Waals surface area contributed by atoms with Crippen molar-refractivity contribution in [3.05, 3.63) is 35.4 Å². The number of amidine groups is 1. The summed E-state index contributed by atoms with van der Waals surface area (Å²) in [5.74, 6) is -0.187. The molecule has 0 aromatic heterocycles. The minimum absolute atomic E-state index is 0.304. The van der Waals surface area contributed by atoms with Gasteiger partial charge in [-0.25, -0.2) is 4.79 Å². The Morgan fingerprint density at radius 3 is 3.00 bits per heavy atom. The monoisotopic (exact) mass is 204 g/mol. The second-order valence-corrected chi connectivity index (χ2v) is 3.59. The first kappa shape index (κ1) is 9.71. The van der Waals surface area contributed by atoms with Crippen molar-refractivity contribution in [2.75, 3.05) is 6.54 Å². The van der Waals surface area contributed by atoms with E-state index in [1.54, 1.807) is 0 Å². The van der Waals surface area contributed by atoms with Gasteiger partial charge in [0.05, 0.1) is 6.54 Å². The third-order valence-electron chi connectivity index (χ3n) is 2.33. The molecule has 0 radical (unpaired) electrons. The standard InChI is InChI=1S/C11H12N2O2/c1-7-3-2-4-8(5-7)10-12-6-9(13-10)11(14)15/h2-5,9H,6H2,1H3,(H,12,13)(H,14,15). The third kappa shape index (κ3) is 1.98. The minimum atomic E-state index is -0.860. The number of benzene rings is 1. The molecule has 2 rings (SSSR count). The fraction of sp³-hybridized carbons (Fsp3) is 0.273. The van der Waals surface area contributed by atoms with Crippen LogP contribution in [-0.2, 0) is 4.79 Å². The van der Waals surface area contributed by atoms with Crippen LogP contribution in [0, 0.1) is 6.92 Å². The first-order valence-corrected chi connectivity index (χ1v) is 4.77. The summed E-state index contributed by atoms with van der Waals surface area (Å²) >= 11 is 0. The Balaban J connectivity index is 2.17. The lowest BCUT2D eigenvalue weighted by Crippen LogP contribution is -2.37. The number of aliphatic carboxylic acids is 1. The molecule has 0 bridgehead atoms. The molecule has 1 unspecified atom stereocenters. The molecule has 0 aliphatic carbocycles. The lowest BCUT2D eigenvalue weighted by molar-refractivity contribution is -0.138. The molecule has 1 atom stereocenters. The van der Waals surface area contributed by atoms with E-state index in [0.29, 0.717) is 12.4 Å². The van der Waals surface area contributed by atoms with Crippen molar-refractivity contribution in [3.63, 3.8) is 0 Å². The summed E-state index contributed by atoms with van der Waals surface area (Å²) in [6.45, 7) is 2.30. The van der Waals surface area contributed by atoms with Crippen molar-refractivity contribution in [3.8, 4) is 0 Å². The zero-order valence-corrected chi connectivity index (χ0v) is 8.40. The maximum Gasteiger partial charge on any atom is 0.328 e. The van der Waals surface area contributed by atoms with Gasteiger partial charge in [-0.05, 0) is 13.0 Å². The molecule has 2 N–H and O–H groups in total. The first-order valence-electron chi connectivity index (χ1n) is 4.77. The molecule has 1 aromatic rings. The Labute approximate surface area is 87.7 Å². The molecular weight excluding hydrogens is 192 g/mol. The van der Waals surface area contributed by atoms with E-state index in [2.05, 4.69) is 10.3 Å². The molecular formula is C11H12N2O2. The molecule has 78 valence electrons. The van der Waals surface area contributed by atoms with Crippen molar-refractivity contribution in [2.45, 2.75) is 13.0 Å². The zero-order chi connectivity index (χ0) is 10.8. The number of carbonyl (C=O) groups is 1. The number of rotatable bonds is 2. The van der Waals surface area contributed by atoms with E-state index in [-0.39, 0.29) is 0 Å². The minimum Gasteiger partial charge on any atom is -0.480 e. The van der Waals surface area contributed by atoms with Crippen molar-refractivity contribution in [2.24, 2.45) is 4.99 Å². The van der Waals surface area contributed by atoms with Crippen LogP contribution in [0.4, 0.5) is 0 Å². The highest BCUT2D eigenvalue weighted by atomic mass is 16.4. The van der Waals surface area contributed by atoms with Gasteiger partial charge in [0.25, 0.3) is 0 Å². The lowest BCUT2D eigenvalue weighted by atomic mass is 10.1. The molecule has 4 nitrogen and oxygen atoms in total. The Morgan fingerprint density at radius 2 is 2.40 bits per heavy atom. The number of aliphatic imine (C=N–C) groups is 1. The summed E-state index contributed by atoms with van der Waals surface area (Å²) in [7, 11) is 0. The van der Waals surface area contributed by atoms with Gasteiger partial charge < -0.3 is 10.4 Å². The van der Waals surface area contributed by atoms with Gasteiger partial charge in [-0.2, -0.15) is 0 Å². The molecule has 0 saturated heterocycles. The third-order valence-corrected chi connectivity index (χ3v) is 2.33. The van der Waals surface area contributed by atoms with Gasteiger partial charge in [0.2, 0.25) is 0 Å². The second-order valence-electron chi connectivity index (χ2n) is 3.59. The topological polar surface area (TPSA) is 61.7 Å². The summed E-state index contributed by atoms with van der Waals surface area (Å²) in [5.41, 5.74) is 2.08. The van der Waals surface area contributed by atoms with Crippen LogP contribution in [0.5, 0.6) is 0 Å². The number of aryl methyl sites for hydroxylation is 1. The van der Waals surface area contributed by atoms with Crippen molar-refractivity contribution in [1.82, 2.24) is 5.32 Å². The molecule has 1 aromatic carbocycles. The number of carboxylic acids is 1. The molecule has 1 heterocycles. The van der Waals surface area contributed by atoms with E-state index < -0.39 is 12.0 Å². The summed E-state index contributed by atoms with van der Waals surface area (Å²) in [4.78, 5) is 14.9. The summed E-state index contributed by atoms with van der Waals surface area (Å²) in [5, 5.41) is 11.7. The van der Waals surface area contributed by atoms with E-state index >= 15 is 0 Å². The number of hydrogen-bond acceptors (Lipinski definition) is 3. The maximum atomic E-state index is 10.7. The van der Waals surface area contributed by atoms with Crippen LogP contribution in [0.2, 0.25) is 0 Å². The van der Waals surface area contributed by atoms with Gasteiger partial charge in [0.1, 0.15) is 11.9 Å². The summed E-state index contributed by atoms with van der Waals surface area (Å²) in [6.07, 6.45) is 0. The van der Waals surface area contributed by atoms with Crippen LogP contribution >= 0.6 is 0 Å². The van der Waals surface area contributed by atoms with Crippen molar-refractivity contribution >= 4 is 11.8 Å². The first-order chi connectivity index (χ1) is 7.16. The summed E-state index contributed by atoms with van der Waals surface area (Å²) < 4.78 is 0. The summed E-state index contributed by atoms with van der Waals surface area (Å²) in [6, 6.07) is 7.25. The molecule has 0 fully saturated rings. The van der Waals surface area contributed by atoms with Gasteiger partial charge in [-0.3, -0.25) is 4.99 Å². The predicted octanol–water partition coefficient (Wildman–Crippen LogP) is 0.798. The molecule has 0 spiro atoms. The van der Waals surface area contributed by atoms with E-state index in [4.69, 9.17) is 5.11 Å². The average Bonchev–Trinajstić information content (AvgIpc) is 2.66. The average molecular weight is 204 g/mol. The molecule has 0 saturated carbocycles. The number of nitrogens with zero attached hydrogens (tertiary/aromatic N) is 1. The highest BCUT2D eigenvalue weighted by Crippen LogP contribution is 2.08. The van der Waals surface area contributed by atoms with Crippen LogP contribution in [0.25, 0.3) is 0 Å².